The van der Waals surface area contributed by atoms with Gasteiger partial charge in [0.05, 0.1) is 5.69 Å². The fraction of sp³-hybridized carbons (Fsp3) is 0.692. The molecule has 1 saturated heterocycles. The van der Waals surface area contributed by atoms with Crippen LogP contribution >= 0.6 is 0 Å². The molecule has 1 aliphatic heterocycles. The third kappa shape index (κ3) is 2.46. The van der Waals surface area contributed by atoms with E-state index in [1.54, 1.807) is 6.92 Å². The third-order valence-electron chi connectivity index (χ3n) is 3.89. The lowest BCUT2D eigenvalue weighted by Crippen LogP contribution is -2.47. The van der Waals surface area contributed by atoms with Gasteiger partial charge in [-0.05, 0) is 25.7 Å². The highest BCUT2D eigenvalue weighted by Gasteiger charge is 2.29. The minimum absolute atomic E-state index is 0.187. The van der Waals surface area contributed by atoms with E-state index in [0.717, 1.165) is 25.8 Å². The van der Waals surface area contributed by atoms with E-state index in [1.165, 1.54) is 6.33 Å². The largest absolute Gasteiger partial charge is 0.350 e. The highest BCUT2D eigenvalue weighted by atomic mass is 19.1. The highest BCUT2D eigenvalue weighted by molar-refractivity contribution is 5.42. The minimum Gasteiger partial charge on any atom is -0.350 e. The van der Waals surface area contributed by atoms with Gasteiger partial charge in [-0.25, -0.2) is 14.4 Å². The number of rotatable bonds is 3. The molecule has 4 nitrogen and oxygen atoms in total. The molecule has 2 atom stereocenters. The molecule has 0 bridgehead atoms. The summed E-state index contributed by atoms with van der Waals surface area (Å²) in [6, 6.07) is 0.187. The van der Waals surface area contributed by atoms with Gasteiger partial charge < -0.3 is 10.6 Å². The summed E-state index contributed by atoms with van der Waals surface area (Å²) in [5.41, 5.74) is 6.23. The fourth-order valence-corrected chi connectivity index (χ4v) is 2.65. The first kappa shape index (κ1) is 13.2. The van der Waals surface area contributed by atoms with E-state index in [-0.39, 0.29) is 11.9 Å². The van der Waals surface area contributed by atoms with Gasteiger partial charge in [0.1, 0.15) is 6.33 Å². The molecule has 100 valence electrons. The van der Waals surface area contributed by atoms with E-state index >= 15 is 0 Å². The average molecular weight is 252 g/mol. The van der Waals surface area contributed by atoms with Crippen LogP contribution in [0.3, 0.4) is 0 Å². The smallest absolute Gasteiger partial charge is 0.186 e. The summed E-state index contributed by atoms with van der Waals surface area (Å²) in [5.74, 6) is 0.791. The van der Waals surface area contributed by atoms with Gasteiger partial charge in [0.2, 0.25) is 0 Å². The van der Waals surface area contributed by atoms with Crippen LogP contribution in [0.15, 0.2) is 6.33 Å². The number of aryl methyl sites for hydroxylation is 1. The molecule has 1 aromatic rings. The summed E-state index contributed by atoms with van der Waals surface area (Å²) in [7, 11) is 0. The van der Waals surface area contributed by atoms with E-state index in [0.29, 0.717) is 24.0 Å². The number of anilines is 1. The van der Waals surface area contributed by atoms with Gasteiger partial charge >= 0.3 is 0 Å². The van der Waals surface area contributed by atoms with Crippen LogP contribution in [-0.4, -0.2) is 29.1 Å². The number of piperidine rings is 1. The van der Waals surface area contributed by atoms with Crippen LogP contribution in [0.2, 0.25) is 0 Å². The summed E-state index contributed by atoms with van der Waals surface area (Å²) in [6.45, 7) is 5.23. The van der Waals surface area contributed by atoms with Crippen molar-refractivity contribution in [2.75, 3.05) is 18.0 Å². The van der Waals surface area contributed by atoms with Crippen molar-refractivity contribution in [2.24, 2.45) is 11.7 Å². The first-order valence-electron chi connectivity index (χ1n) is 6.61. The first-order valence-corrected chi connectivity index (χ1v) is 6.61. The molecule has 0 amide bonds. The molecule has 18 heavy (non-hydrogen) atoms. The molecule has 0 spiro atoms. The number of aromatic nitrogens is 2. The predicted molar refractivity (Wildman–Crippen MR) is 69.9 cm³/mol. The Morgan fingerprint density at radius 3 is 2.94 bits per heavy atom. The van der Waals surface area contributed by atoms with Gasteiger partial charge in [-0.15, -0.1) is 0 Å². The third-order valence-corrected chi connectivity index (χ3v) is 3.89. The lowest BCUT2D eigenvalue weighted by Gasteiger charge is -2.39. The Bertz CT molecular complexity index is 410. The van der Waals surface area contributed by atoms with Crippen LogP contribution in [0.4, 0.5) is 10.2 Å². The molecule has 2 N–H and O–H groups in total. The van der Waals surface area contributed by atoms with Crippen molar-refractivity contribution in [1.29, 1.82) is 0 Å². The molecule has 5 heteroatoms. The van der Waals surface area contributed by atoms with Crippen molar-refractivity contribution in [3.63, 3.8) is 0 Å². The number of hydrogen-bond acceptors (Lipinski definition) is 4. The number of halogens is 1. The van der Waals surface area contributed by atoms with E-state index in [2.05, 4.69) is 16.9 Å². The maximum absolute atomic E-state index is 14.1. The first-order chi connectivity index (χ1) is 8.67. The zero-order valence-corrected chi connectivity index (χ0v) is 11.1. The quantitative estimate of drug-likeness (QED) is 0.892. The van der Waals surface area contributed by atoms with Crippen LogP contribution in [0, 0.1) is 18.7 Å². The van der Waals surface area contributed by atoms with Gasteiger partial charge in [0.15, 0.2) is 11.6 Å². The lowest BCUT2D eigenvalue weighted by atomic mass is 9.89. The van der Waals surface area contributed by atoms with Crippen LogP contribution in [-0.2, 0) is 0 Å². The molecule has 0 radical (unpaired) electrons. The summed E-state index contributed by atoms with van der Waals surface area (Å²) in [4.78, 5) is 9.98. The Kier molecular flexibility index (Phi) is 4.11. The Morgan fingerprint density at radius 1 is 1.50 bits per heavy atom. The molecular formula is C13H21FN4. The molecule has 1 aliphatic rings. The minimum atomic E-state index is -0.314. The molecule has 1 fully saturated rings. The second-order valence-corrected chi connectivity index (χ2v) is 4.98. The van der Waals surface area contributed by atoms with Crippen molar-refractivity contribution < 1.29 is 4.39 Å². The summed E-state index contributed by atoms with van der Waals surface area (Å²) >= 11 is 0. The molecule has 1 aromatic heterocycles. The molecule has 2 heterocycles. The maximum atomic E-state index is 14.1. The van der Waals surface area contributed by atoms with Gasteiger partial charge in [0.25, 0.3) is 0 Å². The van der Waals surface area contributed by atoms with Crippen LogP contribution in [0.25, 0.3) is 0 Å². The fourth-order valence-electron chi connectivity index (χ4n) is 2.65. The summed E-state index contributed by atoms with van der Waals surface area (Å²) in [5, 5.41) is 0. The molecule has 2 rings (SSSR count). The number of hydrogen-bond donors (Lipinski definition) is 1. The molecule has 2 unspecified atom stereocenters. The predicted octanol–water partition coefficient (Wildman–Crippen LogP) is 1.88. The van der Waals surface area contributed by atoms with Gasteiger partial charge in [0, 0.05) is 19.1 Å². The maximum Gasteiger partial charge on any atom is 0.186 e. The Balaban J connectivity index is 2.24. The van der Waals surface area contributed by atoms with Crippen LogP contribution in [0.1, 0.15) is 31.9 Å². The van der Waals surface area contributed by atoms with Crippen LogP contribution < -0.4 is 10.6 Å². The van der Waals surface area contributed by atoms with Crippen molar-refractivity contribution in [2.45, 2.75) is 39.2 Å². The SMILES string of the molecule is CCC1CCN(c2ncnc(C)c2F)C(CN)C1. The normalized spacial score (nSPS) is 24.3. The van der Waals surface area contributed by atoms with E-state index in [9.17, 15) is 4.39 Å². The van der Waals surface area contributed by atoms with Crippen LogP contribution in [0.5, 0.6) is 0 Å². The molecule has 0 saturated carbocycles. The summed E-state index contributed by atoms with van der Waals surface area (Å²) in [6.07, 6.45) is 4.69. The molecule has 0 aromatic carbocycles. The van der Waals surface area contributed by atoms with Gasteiger partial charge in [-0.3, -0.25) is 0 Å². The monoisotopic (exact) mass is 252 g/mol. The second-order valence-electron chi connectivity index (χ2n) is 4.98. The molecular weight excluding hydrogens is 231 g/mol. The van der Waals surface area contributed by atoms with Crippen molar-refractivity contribution >= 4 is 5.82 Å². The Labute approximate surface area is 107 Å². The standard InChI is InChI=1S/C13H21FN4/c1-3-10-4-5-18(11(6-10)7-15)13-12(14)9(2)16-8-17-13/h8,10-11H,3-7,15H2,1-2H3. The zero-order chi connectivity index (χ0) is 13.1. The number of nitrogens with two attached hydrogens (primary N) is 1. The topological polar surface area (TPSA) is 55.0 Å². The van der Waals surface area contributed by atoms with E-state index in [1.807, 2.05) is 4.90 Å². The Hall–Kier alpha value is -1.23. The van der Waals surface area contributed by atoms with Gasteiger partial charge in [-0.1, -0.05) is 13.3 Å². The van der Waals surface area contributed by atoms with Crippen molar-refractivity contribution in [3.05, 3.63) is 17.8 Å². The van der Waals surface area contributed by atoms with Crippen molar-refractivity contribution in [3.8, 4) is 0 Å². The average Bonchev–Trinajstić information content (AvgIpc) is 2.41. The molecule has 0 aliphatic carbocycles. The second kappa shape index (κ2) is 5.61. The van der Waals surface area contributed by atoms with E-state index < -0.39 is 0 Å². The lowest BCUT2D eigenvalue weighted by molar-refractivity contribution is 0.331. The number of nitrogens with zero attached hydrogens (tertiary/aromatic N) is 3. The Morgan fingerprint density at radius 2 is 2.28 bits per heavy atom. The van der Waals surface area contributed by atoms with E-state index in [4.69, 9.17) is 5.73 Å². The zero-order valence-electron chi connectivity index (χ0n) is 11.1. The summed E-state index contributed by atoms with van der Waals surface area (Å²) < 4.78 is 14.1. The van der Waals surface area contributed by atoms with Gasteiger partial charge in [-0.2, -0.15) is 0 Å². The van der Waals surface area contributed by atoms with Crippen molar-refractivity contribution in [1.82, 2.24) is 9.97 Å². The highest BCUT2D eigenvalue weighted by Crippen LogP contribution is 2.29.